The van der Waals surface area contributed by atoms with Crippen molar-refractivity contribution in [3.63, 3.8) is 0 Å². The maximum absolute atomic E-state index is 11.1. The van der Waals surface area contributed by atoms with Gasteiger partial charge in [-0.1, -0.05) is 0 Å². The Morgan fingerprint density at radius 1 is 1.19 bits per heavy atom. The largest absolute Gasteiger partial charge is 0.507 e. The first-order chi connectivity index (χ1) is 12.5. The summed E-state index contributed by atoms with van der Waals surface area (Å²) in [6.07, 6.45) is 2.98. The molecule has 0 saturated heterocycles. The lowest BCUT2D eigenvalue weighted by Gasteiger charge is -2.17. The van der Waals surface area contributed by atoms with Crippen molar-refractivity contribution < 1.29 is 19.7 Å². The van der Waals surface area contributed by atoms with Gasteiger partial charge in [0.2, 0.25) is 0 Å². The number of nitro benzene ring substituents is 2. The molecule has 0 spiro atoms. The maximum Gasteiger partial charge on any atom is 0.301 e. The smallest absolute Gasteiger partial charge is 0.301 e. The maximum atomic E-state index is 11.1. The van der Waals surface area contributed by atoms with Crippen molar-refractivity contribution in [2.75, 3.05) is 12.0 Å². The van der Waals surface area contributed by atoms with Gasteiger partial charge in [-0.3, -0.25) is 25.7 Å². The van der Waals surface area contributed by atoms with Crippen LogP contribution in [0.1, 0.15) is 17.5 Å². The number of fused-ring (bicyclic) bond motifs is 1. The molecular formula is C16H14N4O6. The zero-order valence-electron chi connectivity index (χ0n) is 13.4. The fourth-order valence-electron chi connectivity index (χ4n) is 2.56. The van der Waals surface area contributed by atoms with Crippen LogP contribution in [0, 0.1) is 20.2 Å². The van der Waals surface area contributed by atoms with Gasteiger partial charge in [0.05, 0.1) is 28.7 Å². The van der Waals surface area contributed by atoms with E-state index in [9.17, 15) is 25.3 Å². The van der Waals surface area contributed by atoms with E-state index in [4.69, 9.17) is 4.74 Å². The molecule has 10 nitrogen and oxygen atoms in total. The predicted molar refractivity (Wildman–Crippen MR) is 92.9 cm³/mol. The van der Waals surface area contributed by atoms with E-state index in [1.807, 2.05) is 0 Å². The second-order valence-corrected chi connectivity index (χ2v) is 5.56. The highest BCUT2D eigenvalue weighted by Crippen LogP contribution is 2.31. The molecule has 1 aliphatic heterocycles. The normalized spacial score (nSPS) is 13.1. The molecule has 3 rings (SSSR count). The second-order valence-electron chi connectivity index (χ2n) is 5.56. The van der Waals surface area contributed by atoms with E-state index >= 15 is 0 Å². The molecule has 0 radical (unpaired) electrons. The van der Waals surface area contributed by atoms with Crippen molar-refractivity contribution in [3.05, 3.63) is 61.7 Å². The molecule has 2 aromatic carbocycles. The van der Waals surface area contributed by atoms with Crippen molar-refractivity contribution in [1.82, 2.24) is 0 Å². The van der Waals surface area contributed by atoms with Crippen LogP contribution in [0.5, 0.6) is 11.5 Å². The fraction of sp³-hybridized carbons (Fsp3) is 0.188. The van der Waals surface area contributed by atoms with E-state index < -0.39 is 21.2 Å². The first kappa shape index (κ1) is 17.1. The van der Waals surface area contributed by atoms with Crippen LogP contribution < -0.4 is 10.2 Å². The zero-order valence-corrected chi connectivity index (χ0v) is 13.4. The minimum atomic E-state index is -0.741. The minimum Gasteiger partial charge on any atom is -0.507 e. The first-order valence-electron chi connectivity index (χ1n) is 7.66. The molecule has 0 atom stereocenters. The molecule has 2 N–H and O–H groups in total. The van der Waals surface area contributed by atoms with Crippen LogP contribution in [0.25, 0.3) is 0 Å². The average Bonchev–Trinajstić information content (AvgIpc) is 2.62. The second kappa shape index (κ2) is 7.05. The summed E-state index contributed by atoms with van der Waals surface area (Å²) < 4.78 is 5.52. The van der Waals surface area contributed by atoms with Gasteiger partial charge in [-0.2, -0.15) is 5.10 Å². The Balaban J connectivity index is 1.83. The van der Waals surface area contributed by atoms with Gasteiger partial charge >= 0.3 is 5.69 Å². The summed E-state index contributed by atoms with van der Waals surface area (Å²) in [5.74, 6) is 0.676. The number of phenolic OH excluding ortho intramolecular Hbond substituents is 1. The Hall–Kier alpha value is -3.69. The number of aromatic hydroxyl groups is 1. The van der Waals surface area contributed by atoms with Crippen LogP contribution >= 0.6 is 0 Å². The van der Waals surface area contributed by atoms with Gasteiger partial charge in [-0.15, -0.1) is 0 Å². The lowest BCUT2D eigenvalue weighted by atomic mass is 10.0. The topological polar surface area (TPSA) is 140 Å². The molecular weight excluding hydrogens is 344 g/mol. The molecule has 0 aromatic heterocycles. The van der Waals surface area contributed by atoms with E-state index in [2.05, 4.69) is 10.5 Å². The van der Waals surface area contributed by atoms with E-state index in [-0.39, 0.29) is 11.4 Å². The number of hydrogen-bond donors (Lipinski definition) is 2. The highest BCUT2D eigenvalue weighted by atomic mass is 16.6. The molecule has 10 heteroatoms. The summed E-state index contributed by atoms with van der Waals surface area (Å²) in [4.78, 5) is 20.4. The number of phenols is 1. The Morgan fingerprint density at radius 2 is 2.00 bits per heavy atom. The van der Waals surface area contributed by atoms with Gasteiger partial charge in [-0.05, 0) is 36.6 Å². The van der Waals surface area contributed by atoms with Gasteiger partial charge in [0, 0.05) is 11.6 Å². The van der Waals surface area contributed by atoms with Crippen LogP contribution in [0.2, 0.25) is 0 Å². The molecule has 0 unspecified atom stereocenters. The average molecular weight is 358 g/mol. The molecule has 0 bridgehead atoms. The Morgan fingerprint density at radius 3 is 2.73 bits per heavy atom. The van der Waals surface area contributed by atoms with Crippen molar-refractivity contribution >= 4 is 23.3 Å². The Kier molecular flexibility index (Phi) is 4.65. The predicted octanol–water partition coefficient (Wildman–Crippen LogP) is 2.98. The van der Waals surface area contributed by atoms with Crippen LogP contribution in [0.15, 0.2) is 35.4 Å². The summed E-state index contributed by atoms with van der Waals surface area (Å²) in [5.41, 5.74) is 2.88. The number of anilines is 1. The number of nitrogens with zero attached hydrogens (tertiary/aromatic N) is 3. The number of hydrazone groups is 1. The quantitative estimate of drug-likeness (QED) is 0.475. The van der Waals surface area contributed by atoms with Crippen molar-refractivity contribution in [2.45, 2.75) is 12.8 Å². The monoisotopic (exact) mass is 358 g/mol. The number of ether oxygens (including phenoxy) is 1. The third-order valence-corrected chi connectivity index (χ3v) is 3.84. The van der Waals surface area contributed by atoms with Gasteiger partial charge in [0.25, 0.3) is 5.69 Å². The van der Waals surface area contributed by atoms with Gasteiger partial charge in [0.15, 0.2) is 0 Å². The standard InChI is InChI=1S/C16H14N4O6/c21-15-6-10-2-1-5-26-16(10)7-11(15)9-17-18-13-4-3-12(19(22)23)8-14(13)20(24)25/h3-4,6-9,18,21H,1-2,5H2/b17-9+. The van der Waals surface area contributed by atoms with E-state index in [1.54, 1.807) is 12.1 Å². The first-order valence-corrected chi connectivity index (χ1v) is 7.66. The van der Waals surface area contributed by atoms with Crippen molar-refractivity contribution in [3.8, 4) is 11.5 Å². The minimum absolute atomic E-state index is 0.00875. The number of nitrogens with one attached hydrogen (secondary N) is 1. The van der Waals surface area contributed by atoms with Crippen LogP contribution in [0.4, 0.5) is 17.1 Å². The number of non-ortho nitro benzene ring substituents is 1. The van der Waals surface area contributed by atoms with Crippen LogP contribution in [-0.2, 0) is 6.42 Å². The number of nitro groups is 2. The van der Waals surface area contributed by atoms with Crippen LogP contribution in [0.3, 0.4) is 0 Å². The Bertz CT molecular complexity index is 912. The third kappa shape index (κ3) is 3.53. The summed E-state index contributed by atoms with van der Waals surface area (Å²) in [7, 11) is 0. The molecule has 0 amide bonds. The molecule has 0 aliphatic carbocycles. The molecule has 0 fully saturated rings. The fourth-order valence-corrected chi connectivity index (χ4v) is 2.56. The molecule has 1 heterocycles. The Labute approximate surface area is 147 Å². The SMILES string of the molecule is O=[N+]([O-])c1ccc(N/N=C/c2cc3c(cc2O)CCCO3)c([N+](=O)[O-])c1. The van der Waals surface area contributed by atoms with Gasteiger partial charge in [-0.25, -0.2) is 0 Å². The highest BCUT2D eigenvalue weighted by Gasteiger charge is 2.19. The highest BCUT2D eigenvalue weighted by molar-refractivity contribution is 5.85. The van der Waals surface area contributed by atoms with E-state index in [0.29, 0.717) is 17.9 Å². The summed E-state index contributed by atoms with van der Waals surface area (Å²) in [6.45, 7) is 0.599. The van der Waals surface area contributed by atoms with Gasteiger partial charge in [0.1, 0.15) is 17.2 Å². The lowest BCUT2D eigenvalue weighted by Crippen LogP contribution is -2.08. The van der Waals surface area contributed by atoms with Crippen LogP contribution in [-0.4, -0.2) is 27.8 Å². The van der Waals surface area contributed by atoms with Crippen molar-refractivity contribution in [2.24, 2.45) is 5.10 Å². The molecule has 134 valence electrons. The third-order valence-electron chi connectivity index (χ3n) is 3.84. The molecule has 26 heavy (non-hydrogen) atoms. The van der Waals surface area contributed by atoms with Gasteiger partial charge < -0.3 is 9.84 Å². The van der Waals surface area contributed by atoms with Crippen molar-refractivity contribution in [1.29, 1.82) is 0 Å². The molecule has 0 saturated carbocycles. The summed E-state index contributed by atoms with van der Waals surface area (Å²) in [5, 5.41) is 35.7. The molecule has 1 aliphatic rings. The number of rotatable bonds is 5. The zero-order chi connectivity index (χ0) is 18.7. The number of hydrogen-bond acceptors (Lipinski definition) is 8. The number of benzene rings is 2. The van der Waals surface area contributed by atoms with E-state index in [0.717, 1.165) is 30.5 Å². The summed E-state index contributed by atoms with van der Waals surface area (Å²) >= 11 is 0. The number of aryl methyl sites for hydroxylation is 1. The lowest BCUT2D eigenvalue weighted by molar-refractivity contribution is -0.393. The van der Waals surface area contributed by atoms with E-state index in [1.165, 1.54) is 12.3 Å². The molecule has 2 aromatic rings. The summed E-state index contributed by atoms with van der Waals surface area (Å²) in [6, 6.07) is 6.42.